The summed E-state index contributed by atoms with van der Waals surface area (Å²) in [6.07, 6.45) is 2.05. The number of aromatic nitrogens is 1. The molecule has 0 saturated carbocycles. The van der Waals surface area contributed by atoms with Crippen molar-refractivity contribution in [2.24, 2.45) is 0 Å². The molecule has 1 aliphatic carbocycles. The minimum absolute atomic E-state index is 1.04. The van der Waals surface area contributed by atoms with Crippen molar-refractivity contribution < 1.29 is 0 Å². The van der Waals surface area contributed by atoms with E-state index < -0.39 is 0 Å². The van der Waals surface area contributed by atoms with E-state index in [1.54, 1.807) is 0 Å². The predicted molar refractivity (Wildman–Crippen MR) is 117 cm³/mol. The van der Waals surface area contributed by atoms with Crippen LogP contribution in [0.1, 0.15) is 0 Å². The molecule has 0 N–H and O–H groups in total. The monoisotopic (exact) mass is 355 g/mol. The molecule has 130 valence electrons. The second-order valence-corrected chi connectivity index (χ2v) is 7.21. The number of rotatable bonds is 2. The van der Waals surface area contributed by atoms with Gasteiger partial charge in [-0.3, -0.25) is 4.98 Å². The molecule has 0 amide bonds. The number of benzene rings is 4. The zero-order valence-electron chi connectivity index (χ0n) is 15.3. The van der Waals surface area contributed by atoms with Crippen LogP contribution in [0.2, 0.25) is 0 Å². The highest BCUT2D eigenvalue weighted by molar-refractivity contribution is 6.19. The van der Waals surface area contributed by atoms with Crippen LogP contribution in [0, 0.1) is 0 Å². The Balaban J connectivity index is 1.78. The summed E-state index contributed by atoms with van der Waals surface area (Å²) in [4.78, 5) is 4.97. The third kappa shape index (κ3) is 2.10. The van der Waals surface area contributed by atoms with Gasteiger partial charge in [0.1, 0.15) is 0 Å². The van der Waals surface area contributed by atoms with Crippen LogP contribution in [0.3, 0.4) is 0 Å². The van der Waals surface area contributed by atoms with E-state index in [0.29, 0.717) is 0 Å². The van der Waals surface area contributed by atoms with Gasteiger partial charge < -0.3 is 0 Å². The first-order chi connectivity index (χ1) is 13.9. The van der Waals surface area contributed by atoms with Crippen LogP contribution in [-0.2, 0) is 0 Å². The lowest BCUT2D eigenvalue weighted by atomic mass is 9.90. The Morgan fingerprint density at radius 3 is 1.82 bits per heavy atom. The van der Waals surface area contributed by atoms with Crippen molar-refractivity contribution >= 4 is 10.8 Å². The molecule has 0 fully saturated rings. The standard InChI is InChI=1S/C27H17N/c1-3-9-19(10-4-1)25-26-22-16-8-14-18-13-7-15-21(24(18)22)23(26)17-28-27(25)20-11-5-2-6-12-20/h1-17H. The molecule has 5 aromatic rings. The quantitative estimate of drug-likeness (QED) is 0.319. The van der Waals surface area contributed by atoms with Crippen LogP contribution in [0.5, 0.6) is 0 Å². The molecule has 6 rings (SSSR count). The fourth-order valence-electron chi connectivity index (χ4n) is 4.47. The van der Waals surface area contributed by atoms with Crippen LogP contribution < -0.4 is 0 Å². The molecule has 0 unspecified atom stereocenters. The summed E-state index contributed by atoms with van der Waals surface area (Å²) >= 11 is 0. The molecule has 0 spiro atoms. The molecular formula is C27H17N. The minimum Gasteiger partial charge on any atom is -0.255 e. The minimum atomic E-state index is 1.04. The fraction of sp³-hybridized carbons (Fsp3) is 0. The maximum atomic E-state index is 4.97. The summed E-state index contributed by atoms with van der Waals surface area (Å²) in [7, 11) is 0. The summed E-state index contributed by atoms with van der Waals surface area (Å²) in [6, 6.07) is 34.3. The Morgan fingerprint density at radius 2 is 1.11 bits per heavy atom. The van der Waals surface area contributed by atoms with Gasteiger partial charge in [-0.1, -0.05) is 97.1 Å². The molecule has 1 aromatic heterocycles. The van der Waals surface area contributed by atoms with Gasteiger partial charge >= 0.3 is 0 Å². The number of hydrogen-bond acceptors (Lipinski definition) is 1. The van der Waals surface area contributed by atoms with E-state index in [-0.39, 0.29) is 0 Å². The van der Waals surface area contributed by atoms with Gasteiger partial charge in [-0.05, 0) is 27.5 Å². The normalized spacial score (nSPS) is 11.6. The molecule has 28 heavy (non-hydrogen) atoms. The number of pyridine rings is 1. The van der Waals surface area contributed by atoms with Crippen molar-refractivity contribution in [3.05, 3.63) is 103 Å². The van der Waals surface area contributed by atoms with Gasteiger partial charge in [-0.2, -0.15) is 0 Å². The molecule has 0 atom stereocenters. The van der Waals surface area contributed by atoms with Gasteiger partial charge in [-0.25, -0.2) is 0 Å². The van der Waals surface area contributed by atoms with Crippen molar-refractivity contribution in [1.29, 1.82) is 0 Å². The Bertz CT molecular complexity index is 1330. The second-order valence-electron chi connectivity index (χ2n) is 7.21. The predicted octanol–water partition coefficient (Wildman–Crippen LogP) is 7.22. The highest BCUT2D eigenvalue weighted by Crippen LogP contribution is 2.52. The van der Waals surface area contributed by atoms with Crippen molar-refractivity contribution in [2.45, 2.75) is 0 Å². The lowest BCUT2D eigenvalue weighted by molar-refractivity contribution is 1.33. The molecule has 0 saturated heterocycles. The average molecular weight is 355 g/mol. The molecule has 1 nitrogen and oxygen atoms in total. The Labute approximate surface area is 163 Å². The molecule has 4 aromatic carbocycles. The molecule has 1 heterocycles. The maximum Gasteiger partial charge on any atom is 0.0787 e. The second kappa shape index (κ2) is 5.90. The smallest absolute Gasteiger partial charge is 0.0787 e. The zero-order chi connectivity index (χ0) is 18.5. The molecule has 0 radical (unpaired) electrons. The number of nitrogens with zero attached hydrogens (tertiary/aromatic N) is 1. The largest absolute Gasteiger partial charge is 0.255 e. The summed E-state index contributed by atoms with van der Waals surface area (Å²) < 4.78 is 0. The topological polar surface area (TPSA) is 12.9 Å². The first-order valence-electron chi connectivity index (χ1n) is 9.58. The summed E-state index contributed by atoms with van der Waals surface area (Å²) in [6.45, 7) is 0. The van der Waals surface area contributed by atoms with Gasteiger partial charge in [0.25, 0.3) is 0 Å². The van der Waals surface area contributed by atoms with Crippen molar-refractivity contribution in [3.63, 3.8) is 0 Å². The van der Waals surface area contributed by atoms with E-state index >= 15 is 0 Å². The van der Waals surface area contributed by atoms with Crippen molar-refractivity contribution in [3.8, 4) is 44.6 Å². The van der Waals surface area contributed by atoms with Gasteiger partial charge in [0.2, 0.25) is 0 Å². The fourth-order valence-corrected chi connectivity index (χ4v) is 4.47. The number of fused-ring (bicyclic) bond motifs is 3. The molecule has 0 bridgehead atoms. The van der Waals surface area contributed by atoms with E-state index in [2.05, 4.69) is 103 Å². The van der Waals surface area contributed by atoms with Gasteiger partial charge in [0.05, 0.1) is 5.69 Å². The van der Waals surface area contributed by atoms with E-state index in [0.717, 1.165) is 11.3 Å². The molecule has 1 heteroatoms. The van der Waals surface area contributed by atoms with Gasteiger partial charge in [0.15, 0.2) is 0 Å². The third-order valence-corrected chi connectivity index (χ3v) is 5.65. The molecule has 0 aliphatic heterocycles. The lowest BCUT2D eigenvalue weighted by Crippen LogP contribution is -1.93. The van der Waals surface area contributed by atoms with E-state index in [9.17, 15) is 0 Å². The van der Waals surface area contributed by atoms with Crippen molar-refractivity contribution in [2.75, 3.05) is 0 Å². The summed E-state index contributed by atoms with van der Waals surface area (Å²) in [5.74, 6) is 0. The molecule has 1 aliphatic rings. The van der Waals surface area contributed by atoms with E-state index in [1.807, 2.05) is 0 Å². The van der Waals surface area contributed by atoms with Crippen LogP contribution in [0.25, 0.3) is 55.4 Å². The number of hydrogen-bond donors (Lipinski definition) is 0. The van der Waals surface area contributed by atoms with Crippen LogP contribution in [0.15, 0.2) is 103 Å². The Hall–Kier alpha value is -3.71. The van der Waals surface area contributed by atoms with Crippen LogP contribution >= 0.6 is 0 Å². The first-order valence-corrected chi connectivity index (χ1v) is 9.58. The Morgan fingerprint density at radius 1 is 0.464 bits per heavy atom. The van der Waals surface area contributed by atoms with Crippen molar-refractivity contribution in [1.82, 2.24) is 4.98 Å². The van der Waals surface area contributed by atoms with E-state index in [1.165, 1.54) is 44.2 Å². The van der Waals surface area contributed by atoms with Gasteiger partial charge in [-0.15, -0.1) is 0 Å². The molecular weight excluding hydrogens is 338 g/mol. The third-order valence-electron chi connectivity index (χ3n) is 5.65. The van der Waals surface area contributed by atoms with Crippen LogP contribution in [-0.4, -0.2) is 4.98 Å². The highest BCUT2D eigenvalue weighted by atomic mass is 14.7. The van der Waals surface area contributed by atoms with Crippen LogP contribution in [0.4, 0.5) is 0 Å². The SMILES string of the molecule is c1ccc(-c2ncc3c(c2-c2ccccc2)-c2cccc4cccc-3c24)cc1. The van der Waals surface area contributed by atoms with Gasteiger partial charge in [0, 0.05) is 28.5 Å². The average Bonchev–Trinajstić information content (AvgIpc) is 3.10. The summed E-state index contributed by atoms with van der Waals surface area (Å²) in [5.41, 5.74) is 9.72. The zero-order valence-corrected chi connectivity index (χ0v) is 15.3. The maximum absolute atomic E-state index is 4.97. The Kier molecular flexibility index (Phi) is 3.24. The van der Waals surface area contributed by atoms with E-state index in [4.69, 9.17) is 4.98 Å². The first kappa shape index (κ1) is 15.4. The highest BCUT2D eigenvalue weighted by Gasteiger charge is 2.27. The summed E-state index contributed by atoms with van der Waals surface area (Å²) in [5, 5.41) is 2.62. The lowest BCUT2D eigenvalue weighted by Gasteiger charge is -2.15.